The van der Waals surface area contributed by atoms with Crippen molar-refractivity contribution in [1.29, 1.82) is 0 Å². The van der Waals surface area contributed by atoms with Crippen molar-refractivity contribution < 1.29 is 9.47 Å². The molecule has 1 fully saturated rings. The highest BCUT2D eigenvalue weighted by Gasteiger charge is 2.32. The Morgan fingerprint density at radius 1 is 1.31 bits per heavy atom. The third kappa shape index (κ3) is 8.09. The molecule has 1 aromatic carbocycles. The van der Waals surface area contributed by atoms with Crippen LogP contribution in [0.25, 0.3) is 0 Å². The Kier molecular flexibility index (Phi) is 10.9. The fourth-order valence-electron chi connectivity index (χ4n) is 2.83. The quantitative estimate of drug-likeness (QED) is 0.235. The van der Waals surface area contributed by atoms with Crippen LogP contribution in [0.2, 0.25) is 0 Å². The molecule has 1 aliphatic rings. The number of hydrogen-bond donors (Lipinski definition) is 2. The molecule has 1 aliphatic carbocycles. The van der Waals surface area contributed by atoms with Gasteiger partial charge in [0.05, 0.1) is 6.61 Å². The number of benzene rings is 1. The Balaban J connectivity index is 0.00000338. The number of halogens is 1. The molecule has 1 aromatic rings. The standard InChI is InChI=1S/C19H32N4O2.HI/c1-20-19(21-14-18(23(2)3)15-9-10-15)22-16-7-5-8-17(13-16)25-12-6-11-24-4;/h5,7-8,13,15,18H,6,9-12,14H2,1-4H3,(H2,20,21,22);1H. The number of guanidine groups is 1. The summed E-state index contributed by atoms with van der Waals surface area (Å²) < 4.78 is 10.8. The molecule has 0 bridgehead atoms. The molecule has 1 atom stereocenters. The lowest BCUT2D eigenvalue weighted by atomic mass is 10.1. The van der Waals surface area contributed by atoms with Gasteiger partial charge in [-0.15, -0.1) is 24.0 Å². The Morgan fingerprint density at radius 2 is 2.08 bits per heavy atom. The number of anilines is 1. The van der Waals surface area contributed by atoms with Crippen LogP contribution in [0, 0.1) is 5.92 Å². The Hall–Kier alpha value is -1.06. The van der Waals surface area contributed by atoms with Gasteiger partial charge in [0.1, 0.15) is 5.75 Å². The second-order valence-corrected chi connectivity index (χ2v) is 6.67. The van der Waals surface area contributed by atoms with Gasteiger partial charge in [-0.05, 0) is 45.0 Å². The average Bonchev–Trinajstić information content (AvgIpc) is 3.43. The highest BCUT2D eigenvalue weighted by molar-refractivity contribution is 14.0. The molecule has 0 spiro atoms. The summed E-state index contributed by atoms with van der Waals surface area (Å²) in [7, 11) is 7.78. The Bertz CT molecular complexity index is 548. The summed E-state index contributed by atoms with van der Waals surface area (Å²) in [6.07, 6.45) is 3.54. The lowest BCUT2D eigenvalue weighted by Crippen LogP contribution is -2.43. The van der Waals surface area contributed by atoms with Crippen molar-refractivity contribution in [2.45, 2.75) is 25.3 Å². The number of nitrogens with zero attached hydrogens (tertiary/aromatic N) is 2. The topological polar surface area (TPSA) is 58.1 Å². The van der Waals surface area contributed by atoms with Crippen LogP contribution in [-0.4, -0.2) is 64.9 Å². The van der Waals surface area contributed by atoms with Crippen molar-refractivity contribution in [2.75, 3.05) is 53.3 Å². The normalized spacial score (nSPS) is 15.3. The fraction of sp³-hybridized carbons (Fsp3) is 0.632. The van der Waals surface area contributed by atoms with E-state index in [-0.39, 0.29) is 24.0 Å². The van der Waals surface area contributed by atoms with Crippen LogP contribution in [0.1, 0.15) is 19.3 Å². The molecule has 6 nitrogen and oxygen atoms in total. The first-order valence-electron chi connectivity index (χ1n) is 9.00. The lowest BCUT2D eigenvalue weighted by molar-refractivity contribution is 0.172. The van der Waals surface area contributed by atoms with Crippen molar-refractivity contribution >= 4 is 35.6 Å². The van der Waals surface area contributed by atoms with E-state index in [0.717, 1.165) is 36.3 Å². The average molecular weight is 476 g/mol. The molecule has 1 saturated carbocycles. The summed E-state index contributed by atoms with van der Waals surface area (Å²) in [4.78, 5) is 6.63. The van der Waals surface area contributed by atoms with Crippen molar-refractivity contribution in [2.24, 2.45) is 10.9 Å². The predicted octanol–water partition coefficient (Wildman–Crippen LogP) is 3.05. The van der Waals surface area contributed by atoms with Crippen LogP contribution in [0.4, 0.5) is 5.69 Å². The van der Waals surface area contributed by atoms with Gasteiger partial charge in [-0.1, -0.05) is 6.07 Å². The van der Waals surface area contributed by atoms with Gasteiger partial charge in [0, 0.05) is 51.5 Å². The van der Waals surface area contributed by atoms with E-state index in [0.29, 0.717) is 19.3 Å². The van der Waals surface area contributed by atoms with E-state index in [2.05, 4.69) is 34.6 Å². The Morgan fingerprint density at radius 3 is 2.69 bits per heavy atom. The first kappa shape index (κ1) is 23.0. The zero-order valence-corrected chi connectivity index (χ0v) is 18.7. The van der Waals surface area contributed by atoms with Gasteiger partial charge in [-0.25, -0.2) is 0 Å². The first-order valence-corrected chi connectivity index (χ1v) is 9.00. The molecule has 0 heterocycles. The minimum absolute atomic E-state index is 0. The molecule has 0 radical (unpaired) electrons. The number of methoxy groups -OCH3 is 1. The summed E-state index contributed by atoms with van der Waals surface area (Å²) in [5.41, 5.74) is 0.963. The van der Waals surface area contributed by atoms with Gasteiger partial charge in [0.25, 0.3) is 0 Å². The van der Waals surface area contributed by atoms with E-state index in [4.69, 9.17) is 9.47 Å². The van der Waals surface area contributed by atoms with Gasteiger partial charge in [0.2, 0.25) is 0 Å². The van der Waals surface area contributed by atoms with E-state index < -0.39 is 0 Å². The van der Waals surface area contributed by atoms with Gasteiger partial charge < -0.3 is 25.0 Å². The van der Waals surface area contributed by atoms with Crippen LogP contribution in [-0.2, 0) is 4.74 Å². The second-order valence-electron chi connectivity index (χ2n) is 6.67. The van der Waals surface area contributed by atoms with Crippen molar-refractivity contribution in [1.82, 2.24) is 10.2 Å². The van der Waals surface area contributed by atoms with Crippen LogP contribution < -0.4 is 15.4 Å². The summed E-state index contributed by atoms with van der Waals surface area (Å²) >= 11 is 0. The van der Waals surface area contributed by atoms with E-state index >= 15 is 0 Å². The minimum Gasteiger partial charge on any atom is -0.493 e. The minimum atomic E-state index is 0. The zero-order chi connectivity index (χ0) is 18.1. The smallest absolute Gasteiger partial charge is 0.195 e. The predicted molar refractivity (Wildman–Crippen MR) is 119 cm³/mol. The lowest BCUT2D eigenvalue weighted by Gasteiger charge is -2.25. The van der Waals surface area contributed by atoms with E-state index in [1.807, 2.05) is 24.3 Å². The number of nitrogens with one attached hydrogen (secondary N) is 2. The molecule has 2 rings (SSSR count). The summed E-state index contributed by atoms with van der Waals surface area (Å²) in [6.45, 7) is 2.25. The molecule has 0 aliphatic heterocycles. The van der Waals surface area contributed by atoms with Crippen LogP contribution in [0.15, 0.2) is 29.3 Å². The molecular weight excluding hydrogens is 443 g/mol. The maximum atomic E-state index is 5.75. The van der Waals surface area contributed by atoms with Gasteiger partial charge in [0.15, 0.2) is 5.96 Å². The maximum Gasteiger partial charge on any atom is 0.195 e. The third-order valence-electron chi connectivity index (χ3n) is 4.39. The molecule has 1 unspecified atom stereocenters. The van der Waals surface area contributed by atoms with Gasteiger partial charge in [-0.3, -0.25) is 4.99 Å². The number of rotatable bonds is 10. The molecule has 0 aromatic heterocycles. The van der Waals surface area contributed by atoms with E-state index in [9.17, 15) is 0 Å². The van der Waals surface area contributed by atoms with Crippen molar-refractivity contribution in [3.05, 3.63) is 24.3 Å². The SMILES string of the molecule is CN=C(NCC(C1CC1)N(C)C)Nc1cccc(OCCCOC)c1.I. The number of ether oxygens (including phenoxy) is 2. The number of hydrogen-bond acceptors (Lipinski definition) is 4. The highest BCUT2D eigenvalue weighted by atomic mass is 127. The van der Waals surface area contributed by atoms with Crippen LogP contribution >= 0.6 is 24.0 Å². The fourth-order valence-corrected chi connectivity index (χ4v) is 2.83. The molecule has 26 heavy (non-hydrogen) atoms. The molecule has 2 N–H and O–H groups in total. The van der Waals surface area contributed by atoms with E-state index in [1.54, 1.807) is 14.2 Å². The summed E-state index contributed by atoms with van der Waals surface area (Å²) in [5.74, 6) is 2.44. The van der Waals surface area contributed by atoms with Crippen molar-refractivity contribution in [3.63, 3.8) is 0 Å². The van der Waals surface area contributed by atoms with E-state index in [1.165, 1.54) is 12.8 Å². The Labute approximate surface area is 174 Å². The molecular formula is C19H33IN4O2. The van der Waals surface area contributed by atoms with Crippen molar-refractivity contribution in [3.8, 4) is 5.75 Å². The summed E-state index contributed by atoms with van der Waals surface area (Å²) in [5, 5.41) is 6.78. The molecule has 0 amide bonds. The number of likely N-dealkylation sites (N-methyl/N-ethyl adjacent to an activating group) is 1. The van der Waals surface area contributed by atoms with Crippen LogP contribution in [0.3, 0.4) is 0 Å². The molecule has 148 valence electrons. The molecule has 0 saturated heterocycles. The monoisotopic (exact) mass is 476 g/mol. The molecule has 7 heteroatoms. The van der Waals surface area contributed by atoms with Gasteiger partial charge in [-0.2, -0.15) is 0 Å². The zero-order valence-electron chi connectivity index (χ0n) is 16.3. The highest BCUT2D eigenvalue weighted by Crippen LogP contribution is 2.34. The first-order chi connectivity index (χ1) is 12.1. The van der Waals surface area contributed by atoms with Crippen LogP contribution in [0.5, 0.6) is 5.75 Å². The second kappa shape index (κ2) is 12.3. The largest absolute Gasteiger partial charge is 0.493 e. The maximum absolute atomic E-state index is 5.75. The third-order valence-corrected chi connectivity index (χ3v) is 4.39. The number of aliphatic imine (C=N–C) groups is 1. The van der Waals surface area contributed by atoms with Gasteiger partial charge >= 0.3 is 0 Å². The summed E-state index contributed by atoms with van der Waals surface area (Å²) in [6, 6.07) is 8.50.